The van der Waals surface area contributed by atoms with Gasteiger partial charge in [-0.1, -0.05) is 6.07 Å². The number of carbonyl (C=O) groups excluding carboxylic acids is 3. The van der Waals surface area contributed by atoms with Crippen molar-refractivity contribution in [3.63, 3.8) is 0 Å². The largest absolute Gasteiger partial charge is 0.481 e. The minimum atomic E-state index is -4.97. The molecule has 3 amide bonds. The summed E-state index contributed by atoms with van der Waals surface area (Å²) in [6, 6.07) is 4.18. The van der Waals surface area contributed by atoms with E-state index in [-0.39, 0.29) is 34.2 Å². The van der Waals surface area contributed by atoms with E-state index >= 15 is 0 Å². The number of halogens is 1. The summed E-state index contributed by atoms with van der Waals surface area (Å²) < 4.78 is 31.5. The maximum Gasteiger partial charge on any atom is 0.363 e. The Morgan fingerprint density at radius 1 is 1.19 bits per heavy atom. The lowest BCUT2D eigenvalue weighted by molar-refractivity contribution is -0.148. The number of likely N-dealkylation sites (tertiary alicyclic amines) is 1. The summed E-state index contributed by atoms with van der Waals surface area (Å²) in [7, 11) is -3.43. The van der Waals surface area contributed by atoms with Crippen LogP contribution >= 0.6 is 18.9 Å². The Balaban J connectivity index is 1.13. The topological polar surface area (TPSA) is 162 Å². The second-order valence-electron chi connectivity index (χ2n) is 11.2. The summed E-state index contributed by atoms with van der Waals surface area (Å²) in [5, 5.41) is 3.31. The Morgan fingerprint density at radius 2 is 1.98 bits per heavy atom. The van der Waals surface area contributed by atoms with Crippen LogP contribution in [0.4, 0.5) is 4.39 Å². The minimum Gasteiger partial charge on any atom is -0.481 e. The standard InChI is InChI=1S/C28H31FN5O7PS/c1-41-26-19(11-30-14-31-26)17-12-33(13-17)28(37)21-7-6-18-3-2-4-20(27(36)34(18)21)32-25(35)23-10-16-9-15(5-8-22(16)43-23)24(29)42(38,39)40/h5,8-11,14,17-18,20-21,24H,2-4,6-7,12-13H2,1H3,(H,32,35)(H2,38,39,40)/t18-,20-,21-,24?/m0/s1. The van der Waals surface area contributed by atoms with E-state index in [0.717, 1.165) is 29.7 Å². The zero-order valence-corrected chi connectivity index (χ0v) is 25.0. The number of hydrogen-bond acceptors (Lipinski definition) is 8. The Kier molecular flexibility index (Phi) is 7.97. The fourth-order valence-electron chi connectivity index (χ4n) is 6.33. The number of amides is 3. The molecule has 3 fully saturated rings. The molecule has 0 radical (unpaired) electrons. The first kappa shape index (κ1) is 29.6. The lowest BCUT2D eigenvalue weighted by Gasteiger charge is -2.42. The van der Waals surface area contributed by atoms with Crippen molar-refractivity contribution in [2.75, 3.05) is 20.2 Å². The lowest BCUT2D eigenvalue weighted by atomic mass is 9.92. The molecule has 15 heteroatoms. The zero-order chi connectivity index (χ0) is 30.5. The predicted molar refractivity (Wildman–Crippen MR) is 154 cm³/mol. The molecule has 0 saturated carbocycles. The van der Waals surface area contributed by atoms with Gasteiger partial charge in [-0.15, -0.1) is 11.3 Å². The Morgan fingerprint density at radius 3 is 2.72 bits per heavy atom. The van der Waals surface area contributed by atoms with E-state index < -0.39 is 31.5 Å². The first-order chi connectivity index (χ1) is 20.5. The van der Waals surface area contributed by atoms with Crippen molar-refractivity contribution in [1.82, 2.24) is 25.1 Å². The van der Waals surface area contributed by atoms with E-state index in [9.17, 15) is 33.1 Å². The molecule has 43 heavy (non-hydrogen) atoms. The monoisotopic (exact) mass is 631 g/mol. The molecule has 3 aliphatic rings. The number of hydrogen-bond donors (Lipinski definition) is 3. The molecular weight excluding hydrogens is 600 g/mol. The number of alkyl halides is 1. The molecule has 12 nitrogen and oxygen atoms in total. The predicted octanol–water partition coefficient (Wildman–Crippen LogP) is 3.11. The molecule has 228 valence electrons. The molecule has 3 aromatic rings. The smallest absolute Gasteiger partial charge is 0.363 e. The Hall–Kier alpha value is -3.45. The lowest BCUT2D eigenvalue weighted by Crippen LogP contribution is -2.58. The zero-order valence-electron chi connectivity index (χ0n) is 23.3. The number of aromatic nitrogens is 2. The number of methoxy groups -OCH3 is 1. The van der Waals surface area contributed by atoms with E-state index in [1.165, 1.54) is 30.6 Å². The highest BCUT2D eigenvalue weighted by atomic mass is 32.1. The molecule has 3 N–H and O–H groups in total. The molecule has 2 aromatic heterocycles. The fraction of sp³-hybridized carbons (Fsp3) is 0.464. The van der Waals surface area contributed by atoms with Crippen molar-refractivity contribution < 1.29 is 37.9 Å². The molecule has 0 bridgehead atoms. The molecule has 3 saturated heterocycles. The molecule has 0 aliphatic carbocycles. The number of thiophene rings is 1. The second-order valence-corrected chi connectivity index (χ2v) is 13.9. The van der Waals surface area contributed by atoms with E-state index in [0.29, 0.717) is 48.3 Å². The summed E-state index contributed by atoms with van der Waals surface area (Å²) in [5.41, 5.74) is 0.667. The number of benzene rings is 1. The number of carbonyl (C=O) groups is 3. The van der Waals surface area contributed by atoms with Crippen LogP contribution in [0.25, 0.3) is 10.1 Å². The molecule has 3 aliphatic heterocycles. The van der Waals surface area contributed by atoms with Crippen LogP contribution < -0.4 is 10.1 Å². The number of rotatable bonds is 7. The van der Waals surface area contributed by atoms with Crippen molar-refractivity contribution in [2.24, 2.45) is 0 Å². The van der Waals surface area contributed by atoms with E-state index in [4.69, 9.17) is 4.74 Å². The summed E-state index contributed by atoms with van der Waals surface area (Å²) in [4.78, 5) is 70.9. The van der Waals surface area contributed by atoms with Crippen molar-refractivity contribution >= 4 is 46.7 Å². The first-order valence-electron chi connectivity index (χ1n) is 14.0. The maximum absolute atomic E-state index is 14.2. The van der Waals surface area contributed by atoms with Gasteiger partial charge in [-0.2, -0.15) is 0 Å². The Bertz CT molecular complexity index is 1630. The minimum absolute atomic E-state index is 0.0501. The molecule has 5 heterocycles. The summed E-state index contributed by atoms with van der Waals surface area (Å²) in [6.45, 7) is 0.966. The quantitative estimate of drug-likeness (QED) is 0.333. The third kappa shape index (κ3) is 5.64. The molecule has 0 spiro atoms. The molecular formula is C28H31FN5O7PS. The summed E-state index contributed by atoms with van der Waals surface area (Å²) in [5.74, 6) is -2.77. The van der Waals surface area contributed by atoms with Gasteiger partial charge in [0.1, 0.15) is 18.4 Å². The number of fused-ring (bicyclic) bond motifs is 2. The van der Waals surface area contributed by atoms with Gasteiger partial charge in [0.25, 0.3) is 5.91 Å². The van der Waals surface area contributed by atoms with Gasteiger partial charge >= 0.3 is 7.60 Å². The van der Waals surface area contributed by atoms with Gasteiger partial charge in [0.15, 0.2) is 0 Å². The van der Waals surface area contributed by atoms with Crippen molar-refractivity contribution in [2.45, 2.75) is 62.1 Å². The van der Waals surface area contributed by atoms with Crippen LogP contribution in [-0.2, 0) is 14.2 Å². The van der Waals surface area contributed by atoms with Gasteiger partial charge < -0.3 is 29.6 Å². The third-order valence-electron chi connectivity index (χ3n) is 8.54. The highest BCUT2D eigenvalue weighted by Gasteiger charge is 2.48. The van der Waals surface area contributed by atoms with Gasteiger partial charge in [0.05, 0.1) is 12.0 Å². The van der Waals surface area contributed by atoms with Gasteiger partial charge in [0, 0.05) is 41.5 Å². The molecule has 6 rings (SSSR count). The number of nitrogens with zero attached hydrogens (tertiary/aromatic N) is 4. The Labute approximate surface area is 250 Å². The van der Waals surface area contributed by atoms with Gasteiger partial charge in [0.2, 0.25) is 23.6 Å². The first-order valence-corrected chi connectivity index (χ1v) is 16.5. The van der Waals surface area contributed by atoms with E-state index in [1.54, 1.807) is 23.1 Å². The molecule has 4 atom stereocenters. The van der Waals surface area contributed by atoms with Gasteiger partial charge in [-0.25, -0.2) is 14.4 Å². The maximum atomic E-state index is 14.2. The normalized spacial score (nSPS) is 23.4. The van der Waals surface area contributed by atoms with Gasteiger partial charge in [-0.3, -0.25) is 18.9 Å². The van der Waals surface area contributed by atoms with Gasteiger partial charge in [-0.05, 0) is 61.3 Å². The molecule has 1 unspecified atom stereocenters. The number of ether oxygens (including phenoxy) is 1. The van der Waals surface area contributed by atoms with Crippen molar-refractivity contribution in [1.29, 1.82) is 0 Å². The highest BCUT2D eigenvalue weighted by Crippen LogP contribution is 2.53. The average Bonchev–Trinajstić information content (AvgIpc) is 3.55. The number of nitrogens with one attached hydrogen (secondary N) is 1. The second kappa shape index (κ2) is 11.6. The van der Waals surface area contributed by atoms with Crippen LogP contribution in [0.5, 0.6) is 5.88 Å². The van der Waals surface area contributed by atoms with Crippen LogP contribution in [0.3, 0.4) is 0 Å². The van der Waals surface area contributed by atoms with Crippen molar-refractivity contribution in [3.05, 3.63) is 52.8 Å². The fourth-order valence-corrected chi connectivity index (χ4v) is 7.82. The van der Waals surface area contributed by atoms with E-state index in [1.807, 2.05) is 0 Å². The van der Waals surface area contributed by atoms with Crippen LogP contribution in [0.15, 0.2) is 36.8 Å². The highest BCUT2D eigenvalue weighted by molar-refractivity contribution is 7.51. The van der Waals surface area contributed by atoms with Crippen LogP contribution in [0, 0.1) is 0 Å². The van der Waals surface area contributed by atoms with Crippen molar-refractivity contribution in [3.8, 4) is 5.88 Å². The third-order valence-corrected chi connectivity index (χ3v) is 10.5. The molecule has 1 aromatic carbocycles. The van der Waals surface area contributed by atoms with Crippen LogP contribution in [0.1, 0.15) is 64.7 Å². The summed E-state index contributed by atoms with van der Waals surface area (Å²) >= 11 is 1.14. The average molecular weight is 632 g/mol. The summed E-state index contributed by atoms with van der Waals surface area (Å²) in [6.07, 6.45) is 6.31. The SMILES string of the molecule is COc1ncncc1C1CN(C(=O)[C@@H]2CC[C@@H]3CCC[C@H](NC(=O)c4cc5cc(C(F)P(=O)(O)O)ccc5s4)C(=O)N32)C1. The van der Waals surface area contributed by atoms with Crippen LogP contribution in [-0.4, -0.2) is 85.6 Å². The van der Waals surface area contributed by atoms with Crippen LogP contribution in [0.2, 0.25) is 0 Å². The van der Waals surface area contributed by atoms with E-state index in [2.05, 4.69) is 15.3 Å².